The van der Waals surface area contributed by atoms with Crippen molar-refractivity contribution in [2.45, 2.75) is 26.7 Å². The van der Waals surface area contributed by atoms with E-state index in [0.29, 0.717) is 41.7 Å². The lowest BCUT2D eigenvalue weighted by atomic mass is 10.1. The molecule has 1 aliphatic rings. The standard InChI is InChI=1S/C23H25NO7/c1-3-5-10-29-20-9-7-16(12-21(20)28-4-2)23(27)31-13-18(25)15-6-8-19-17(11-15)24-22(26)14-30-19/h6-9,11-12H,3-5,10,13-14H2,1-2H3,(H,24,26). The molecule has 1 heterocycles. The van der Waals surface area contributed by atoms with Gasteiger partial charge in [-0.25, -0.2) is 4.79 Å². The number of esters is 1. The topological polar surface area (TPSA) is 100 Å². The summed E-state index contributed by atoms with van der Waals surface area (Å²) in [5.74, 6) is 0.143. The van der Waals surface area contributed by atoms with E-state index in [4.69, 9.17) is 18.9 Å². The number of amides is 1. The van der Waals surface area contributed by atoms with Crippen molar-refractivity contribution in [2.24, 2.45) is 0 Å². The molecule has 0 bridgehead atoms. The Balaban J connectivity index is 1.63. The van der Waals surface area contributed by atoms with Gasteiger partial charge in [0.05, 0.1) is 24.5 Å². The molecule has 0 saturated heterocycles. The highest BCUT2D eigenvalue weighted by molar-refractivity contribution is 6.02. The van der Waals surface area contributed by atoms with E-state index in [1.165, 1.54) is 6.07 Å². The van der Waals surface area contributed by atoms with Gasteiger partial charge in [0.2, 0.25) is 0 Å². The molecule has 8 nitrogen and oxygen atoms in total. The van der Waals surface area contributed by atoms with Crippen LogP contribution < -0.4 is 19.5 Å². The fourth-order valence-corrected chi connectivity index (χ4v) is 2.90. The lowest BCUT2D eigenvalue weighted by Gasteiger charge is -2.18. The molecule has 0 radical (unpaired) electrons. The number of hydrogen-bond acceptors (Lipinski definition) is 7. The zero-order chi connectivity index (χ0) is 22.2. The van der Waals surface area contributed by atoms with Gasteiger partial charge in [-0.1, -0.05) is 13.3 Å². The maximum absolute atomic E-state index is 12.4. The van der Waals surface area contributed by atoms with Crippen molar-refractivity contribution < 1.29 is 33.3 Å². The van der Waals surface area contributed by atoms with Crippen LogP contribution >= 0.6 is 0 Å². The van der Waals surface area contributed by atoms with Gasteiger partial charge in [-0.05, 0) is 49.7 Å². The number of anilines is 1. The van der Waals surface area contributed by atoms with Gasteiger partial charge in [0, 0.05) is 5.56 Å². The van der Waals surface area contributed by atoms with Gasteiger partial charge in [0.25, 0.3) is 5.91 Å². The number of Topliss-reactive ketones (excluding diaryl/α,β-unsaturated/α-hetero) is 1. The van der Waals surface area contributed by atoms with Gasteiger partial charge in [-0.2, -0.15) is 0 Å². The minimum atomic E-state index is -0.649. The minimum absolute atomic E-state index is 0.0654. The summed E-state index contributed by atoms with van der Waals surface area (Å²) >= 11 is 0. The zero-order valence-corrected chi connectivity index (χ0v) is 17.6. The Morgan fingerprint density at radius 1 is 1.03 bits per heavy atom. The van der Waals surface area contributed by atoms with E-state index >= 15 is 0 Å². The number of carbonyl (C=O) groups excluding carboxylic acids is 3. The first kappa shape index (κ1) is 22.1. The average molecular weight is 427 g/mol. The Labute approximate surface area is 180 Å². The molecular formula is C23H25NO7. The molecule has 0 aliphatic carbocycles. The molecule has 0 aromatic heterocycles. The molecule has 2 aromatic rings. The number of rotatable bonds is 10. The Bertz CT molecular complexity index is 970. The Hall–Kier alpha value is -3.55. The van der Waals surface area contributed by atoms with Gasteiger partial charge in [-0.15, -0.1) is 0 Å². The van der Waals surface area contributed by atoms with Crippen molar-refractivity contribution in [3.05, 3.63) is 47.5 Å². The van der Waals surface area contributed by atoms with Crippen molar-refractivity contribution in [3.8, 4) is 17.2 Å². The van der Waals surface area contributed by atoms with Gasteiger partial charge in [-0.3, -0.25) is 9.59 Å². The van der Waals surface area contributed by atoms with Gasteiger partial charge < -0.3 is 24.3 Å². The van der Waals surface area contributed by atoms with Crippen LogP contribution in [0.5, 0.6) is 17.2 Å². The van der Waals surface area contributed by atoms with Crippen molar-refractivity contribution >= 4 is 23.3 Å². The van der Waals surface area contributed by atoms with Crippen molar-refractivity contribution in [2.75, 3.05) is 31.7 Å². The van der Waals surface area contributed by atoms with Gasteiger partial charge in [0.15, 0.2) is 30.5 Å². The number of ketones is 1. The molecule has 0 atom stereocenters. The van der Waals surface area contributed by atoms with Crippen LogP contribution in [-0.4, -0.2) is 44.1 Å². The van der Waals surface area contributed by atoms with Crippen LogP contribution in [0.1, 0.15) is 47.4 Å². The fraction of sp³-hybridized carbons (Fsp3) is 0.348. The van der Waals surface area contributed by atoms with E-state index in [-0.39, 0.29) is 18.1 Å². The number of hydrogen-bond donors (Lipinski definition) is 1. The first-order valence-corrected chi connectivity index (χ1v) is 10.2. The predicted molar refractivity (Wildman–Crippen MR) is 113 cm³/mol. The summed E-state index contributed by atoms with van der Waals surface area (Å²) in [6.45, 7) is 4.38. The van der Waals surface area contributed by atoms with Crippen LogP contribution in [0.3, 0.4) is 0 Å². The molecule has 1 aliphatic heterocycles. The second-order valence-electron chi connectivity index (χ2n) is 6.84. The summed E-state index contributed by atoms with van der Waals surface area (Å²) in [6, 6.07) is 9.42. The average Bonchev–Trinajstić information content (AvgIpc) is 2.78. The Morgan fingerprint density at radius 2 is 1.84 bits per heavy atom. The SMILES string of the molecule is CCCCOc1ccc(C(=O)OCC(=O)c2ccc3c(c2)NC(=O)CO3)cc1OCC. The highest BCUT2D eigenvalue weighted by Gasteiger charge is 2.19. The van der Waals surface area contributed by atoms with E-state index < -0.39 is 18.4 Å². The minimum Gasteiger partial charge on any atom is -0.490 e. The van der Waals surface area contributed by atoms with E-state index in [2.05, 4.69) is 12.2 Å². The molecule has 3 rings (SSSR count). The van der Waals surface area contributed by atoms with E-state index in [0.717, 1.165) is 12.8 Å². The highest BCUT2D eigenvalue weighted by atomic mass is 16.5. The molecule has 0 fully saturated rings. The summed E-state index contributed by atoms with van der Waals surface area (Å²) in [7, 11) is 0. The smallest absolute Gasteiger partial charge is 0.338 e. The summed E-state index contributed by atoms with van der Waals surface area (Å²) in [6.07, 6.45) is 1.92. The first-order valence-electron chi connectivity index (χ1n) is 10.2. The van der Waals surface area contributed by atoms with E-state index in [1.54, 1.807) is 30.3 Å². The van der Waals surface area contributed by atoms with Crippen molar-refractivity contribution in [1.82, 2.24) is 0 Å². The normalized spacial score (nSPS) is 12.3. The maximum Gasteiger partial charge on any atom is 0.338 e. The molecule has 8 heteroatoms. The summed E-state index contributed by atoms with van der Waals surface area (Å²) in [4.78, 5) is 36.3. The molecule has 164 valence electrons. The third-order valence-corrected chi connectivity index (χ3v) is 4.50. The molecule has 31 heavy (non-hydrogen) atoms. The van der Waals surface area contributed by atoms with Gasteiger partial charge in [0.1, 0.15) is 5.75 Å². The lowest BCUT2D eigenvalue weighted by Crippen LogP contribution is -2.25. The van der Waals surface area contributed by atoms with Crippen LogP contribution in [0.15, 0.2) is 36.4 Å². The number of fused-ring (bicyclic) bond motifs is 1. The number of benzene rings is 2. The number of ether oxygens (including phenoxy) is 4. The quantitative estimate of drug-likeness (QED) is 0.351. The van der Waals surface area contributed by atoms with Crippen LogP contribution in [0.2, 0.25) is 0 Å². The van der Waals surface area contributed by atoms with Crippen LogP contribution in [-0.2, 0) is 9.53 Å². The van der Waals surface area contributed by atoms with Gasteiger partial charge >= 0.3 is 5.97 Å². The molecule has 0 unspecified atom stereocenters. The van der Waals surface area contributed by atoms with Crippen molar-refractivity contribution in [3.63, 3.8) is 0 Å². The molecule has 1 N–H and O–H groups in total. The third kappa shape index (κ3) is 5.75. The largest absolute Gasteiger partial charge is 0.490 e. The van der Waals surface area contributed by atoms with Crippen LogP contribution in [0.4, 0.5) is 5.69 Å². The lowest BCUT2D eigenvalue weighted by molar-refractivity contribution is -0.118. The monoisotopic (exact) mass is 427 g/mol. The second-order valence-corrected chi connectivity index (χ2v) is 6.84. The highest BCUT2D eigenvalue weighted by Crippen LogP contribution is 2.30. The number of unbranched alkanes of at least 4 members (excludes halogenated alkanes) is 1. The number of carbonyl (C=O) groups is 3. The third-order valence-electron chi connectivity index (χ3n) is 4.50. The zero-order valence-electron chi connectivity index (χ0n) is 17.6. The summed E-state index contributed by atoms with van der Waals surface area (Å²) in [5, 5.41) is 2.64. The number of nitrogens with one attached hydrogen (secondary N) is 1. The molecular weight excluding hydrogens is 402 g/mol. The van der Waals surface area contributed by atoms with Crippen LogP contribution in [0.25, 0.3) is 0 Å². The summed E-state index contributed by atoms with van der Waals surface area (Å²) < 4.78 is 21.7. The van der Waals surface area contributed by atoms with E-state index in [9.17, 15) is 14.4 Å². The molecule has 2 aromatic carbocycles. The Kier molecular flexibility index (Phi) is 7.48. The fourth-order valence-electron chi connectivity index (χ4n) is 2.90. The van der Waals surface area contributed by atoms with Crippen LogP contribution in [0, 0.1) is 0 Å². The summed E-state index contributed by atoms with van der Waals surface area (Å²) in [5.41, 5.74) is 0.964. The second kappa shape index (κ2) is 10.5. The Morgan fingerprint density at radius 3 is 2.61 bits per heavy atom. The molecule has 0 saturated carbocycles. The van der Waals surface area contributed by atoms with E-state index in [1.807, 2.05) is 6.92 Å². The first-order chi connectivity index (χ1) is 15.0. The predicted octanol–water partition coefficient (Wildman–Crippen LogP) is 3.63. The molecule has 1 amide bonds. The maximum atomic E-state index is 12.4. The molecule has 0 spiro atoms. The van der Waals surface area contributed by atoms with Crippen molar-refractivity contribution in [1.29, 1.82) is 0 Å².